The summed E-state index contributed by atoms with van der Waals surface area (Å²) in [4.78, 5) is 21.5. The molecule has 0 aliphatic rings. The van der Waals surface area contributed by atoms with Crippen LogP contribution in [0, 0.1) is 20.8 Å². The summed E-state index contributed by atoms with van der Waals surface area (Å²) >= 11 is 0. The van der Waals surface area contributed by atoms with Crippen LogP contribution < -0.4 is 0 Å². The molecule has 0 aliphatic heterocycles. The first kappa shape index (κ1) is 22.8. The maximum atomic E-state index is 13.4. The molecule has 0 N–H and O–H groups in total. The van der Waals surface area contributed by atoms with Crippen LogP contribution in [-0.4, -0.2) is 29.9 Å². The van der Waals surface area contributed by atoms with Crippen LogP contribution in [0.1, 0.15) is 34.2 Å². The molecule has 0 fully saturated rings. The zero-order valence-corrected chi connectivity index (χ0v) is 16.6. The first-order valence-electron chi connectivity index (χ1n) is 8.88. The average Bonchev–Trinajstić information content (AvgIpc) is 2.66. The van der Waals surface area contributed by atoms with E-state index in [9.17, 15) is 39.5 Å². The van der Waals surface area contributed by atoms with E-state index in [4.69, 9.17) is 0 Å². The molecule has 33 heavy (non-hydrogen) atoms. The first-order chi connectivity index (χ1) is 15.0. The van der Waals surface area contributed by atoms with Crippen LogP contribution in [0.4, 0.5) is 39.5 Å². The van der Waals surface area contributed by atoms with Gasteiger partial charge in [-0.05, 0) is 20.8 Å². The van der Waals surface area contributed by atoms with Crippen LogP contribution in [0.3, 0.4) is 0 Å². The van der Waals surface area contributed by atoms with Crippen LogP contribution in [0.15, 0.2) is 0 Å². The molecule has 0 saturated carbocycles. The molecule has 0 spiro atoms. The van der Waals surface area contributed by atoms with E-state index in [2.05, 4.69) is 29.9 Å². The van der Waals surface area contributed by atoms with Gasteiger partial charge in [0.2, 0.25) is 0 Å². The molecule has 1 aromatic carbocycles. The van der Waals surface area contributed by atoms with Crippen molar-refractivity contribution in [2.45, 2.75) is 39.3 Å². The molecular formula is C18H9F9N6. The van der Waals surface area contributed by atoms with Crippen LogP contribution in [0.2, 0.25) is 0 Å². The Kier molecular flexibility index (Phi) is 4.70. The molecule has 0 amide bonds. The number of nitrogens with zero attached hydrogens (tertiary/aromatic N) is 6. The number of halogens is 9. The number of hydrogen-bond acceptors (Lipinski definition) is 6. The van der Waals surface area contributed by atoms with Crippen LogP contribution in [0.5, 0.6) is 0 Å². The van der Waals surface area contributed by atoms with E-state index in [0.29, 0.717) is 0 Å². The molecule has 4 aromatic rings. The summed E-state index contributed by atoms with van der Waals surface area (Å²) in [6.07, 6.45) is -16.2. The van der Waals surface area contributed by atoms with Crippen molar-refractivity contribution in [3.8, 4) is 0 Å². The van der Waals surface area contributed by atoms with E-state index in [1.807, 2.05) is 0 Å². The number of benzene rings is 1. The topological polar surface area (TPSA) is 77.3 Å². The van der Waals surface area contributed by atoms with Gasteiger partial charge < -0.3 is 0 Å². The molecule has 0 unspecified atom stereocenters. The van der Waals surface area contributed by atoms with E-state index in [1.165, 1.54) is 13.8 Å². The third-order valence-corrected chi connectivity index (χ3v) is 4.75. The lowest BCUT2D eigenvalue weighted by molar-refractivity contribution is -0.167. The third-order valence-electron chi connectivity index (χ3n) is 4.75. The molecule has 0 radical (unpaired) electrons. The number of aromatic nitrogens is 6. The van der Waals surface area contributed by atoms with Crippen molar-refractivity contribution >= 4 is 33.1 Å². The molecule has 0 bridgehead atoms. The molecule has 6 nitrogen and oxygen atoms in total. The zero-order valence-electron chi connectivity index (χ0n) is 16.6. The summed E-state index contributed by atoms with van der Waals surface area (Å²) in [7, 11) is 0. The summed E-state index contributed by atoms with van der Waals surface area (Å²) in [5.41, 5.74) is -10.2. The summed E-state index contributed by atoms with van der Waals surface area (Å²) in [6, 6.07) is 0. The second-order valence-corrected chi connectivity index (χ2v) is 7.06. The van der Waals surface area contributed by atoms with Crippen LogP contribution in [0.25, 0.3) is 33.1 Å². The highest BCUT2D eigenvalue weighted by Gasteiger charge is 2.47. The minimum atomic E-state index is -5.62. The van der Waals surface area contributed by atoms with Gasteiger partial charge in [0, 0.05) is 0 Å². The Labute approximate surface area is 176 Å². The van der Waals surface area contributed by atoms with E-state index >= 15 is 0 Å². The molecule has 174 valence electrons. The Morgan fingerprint density at radius 1 is 0.364 bits per heavy atom. The van der Waals surface area contributed by atoms with Gasteiger partial charge in [0.25, 0.3) is 0 Å². The van der Waals surface area contributed by atoms with E-state index in [1.54, 1.807) is 0 Å². The van der Waals surface area contributed by atoms with Crippen LogP contribution >= 0.6 is 0 Å². The molecule has 15 heteroatoms. The predicted octanol–water partition coefficient (Wildman–Crippen LogP) is 5.50. The fraction of sp³-hybridized carbons (Fsp3) is 0.333. The van der Waals surface area contributed by atoms with Crippen molar-refractivity contribution in [3.63, 3.8) is 0 Å². The van der Waals surface area contributed by atoms with Gasteiger partial charge in [-0.3, -0.25) is 0 Å². The monoisotopic (exact) mass is 480 g/mol. The number of aryl methyl sites for hydroxylation is 3. The fourth-order valence-electron chi connectivity index (χ4n) is 3.21. The summed E-state index contributed by atoms with van der Waals surface area (Å²) < 4.78 is 121. The van der Waals surface area contributed by atoms with E-state index in [0.717, 1.165) is 6.92 Å². The van der Waals surface area contributed by atoms with Gasteiger partial charge in [-0.25, -0.2) is 29.9 Å². The highest BCUT2D eigenvalue weighted by molar-refractivity contribution is 6.18. The minimum absolute atomic E-state index is 0.204. The van der Waals surface area contributed by atoms with Gasteiger partial charge in [-0.2, -0.15) is 39.5 Å². The Morgan fingerprint density at radius 2 is 0.606 bits per heavy atom. The second-order valence-electron chi connectivity index (χ2n) is 7.06. The van der Waals surface area contributed by atoms with Gasteiger partial charge in [0.15, 0.2) is 17.1 Å². The van der Waals surface area contributed by atoms with Crippen molar-refractivity contribution in [2.24, 2.45) is 0 Å². The number of fused-ring (bicyclic) bond motifs is 6. The van der Waals surface area contributed by atoms with Gasteiger partial charge >= 0.3 is 18.5 Å². The number of alkyl halides is 9. The van der Waals surface area contributed by atoms with Crippen molar-refractivity contribution < 1.29 is 39.5 Å². The Hall–Kier alpha value is -3.39. The zero-order chi connectivity index (χ0) is 24.7. The molecule has 4 rings (SSSR count). The lowest BCUT2D eigenvalue weighted by atomic mass is 10.1. The van der Waals surface area contributed by atoms with Gasteiger partial charge in [-0.15, -0.1) is 0 Å². The average molecular weight is 480 g/mol. The Bertz CT molecular complexity index is 1430. The summed E-state index contributed by atoms with van der Waals surface area (Å²) in [6.45, 7) is 3.88. The van der Waals surface area contributed by atoms with Gasteiger partial charge in [-0.1, -0.05) is 0 Å². The molecule has 0 aliphatic carbocycles. The van der Waals surface area contributed by atoms with E-state index < -0.39 is 68.9 Å². The maximum Gasteiger partial charge on any atom is 0.435 e. The lowest BCUT2D eigenvalue weighted by Crippen LogP contribution is -2.21. The van der Waals surface area contributed by atoms with Crippen LogP contribution in [-0.2, 0) is 18.5 Å². The molecule has 0 saturated heterocycles. The first-order valence-corrected chi connectivity index (χ1v) is 8.88. The summed E-state index contributed by atoms with van der Waals surface area (Å²) in [5, 5.41) is 0. The Balaban J connectivity index is 2.35. The lowest BCUT2D eigenvalue weighted by Gasteiger charge is -2.17. The standard InChI is InChI=1S/C18H9F9N6/c1-4-5(2)29-8-7(28-4)9-10(31-13(6(3)30-9)16(19,20)21)12-11(8)32-14(17(22,23)24)15(33-12)18(25,26)27/h1-3H3. The second kappa shape index (κ2) is 6.81. The van der Waals surface area contributed by atoms with Crippen molar-refractivity contribution in [1.82, 2.24) is 29.9 Å². The van der Waals surface area contributed by atoms with Gasteiger partial charge in [0.1, 0.15) is 33.1 Å². The fourth-order valence-corrected chi connectivity index (χ4v) is 3.21. The van der Waals surface area contributed by atoms with E-state index in [-0.39, 0.29) is 16.9 Å². The largest absolute Gasteiger partial charge is 0.435 e. The molecule has 3 aromatic heterocycles. The molecule has 3 heterocycles. The normalized spacial score (nSPS) is 13.5. The Morgan fingerprint density at radius 3 is 0.909 bits per heavy atom. The molecular weight excluding hydrogens is 471 g/mol. The third kappa shape index (κ3) is 3.64. The number of hydrogen-bond donors (Lipinski definition) is 0. The minimum Gasteiger partial charge on any atom is -0.247 e. The maximum absolute atomic E-state index is 13.4. The van der Waals surface area contributed by atoms with Crippen molar-refractivity contribution in [1.29, 1.82) is 0 Å². The highest BCUT2D eigenvalue weighted by Crippen LogP contribution is 2.41. The van der Waals surface area contributed by atoms with Gasteiger partial charge in [0.05, 0.1) is 17.1 Å². The summed E-state index contributed by atoms with van der Waals surface area (Å²) in [5.74, 6) is 0. The quantitative estimate of drug-likeness (QED) is 0.245. The smallest absolute Gasteiger partial charge is 0.247 e. The predicted molar refractivity (Wildman–Crippen MR) is 94.9 cm³/mol. The number of rotatable bonds is 0. The highest BCUT2D eigenvalue weighted by atomic mass is 19.4. The SMILES string of the molecule is Cc1nc2c(nc1C)c1nc(C(F)(F)F)c(C(F)(F)F)nc1c1nc(C(F)(F)F)c(C)nc21. The van der Waals surface area contributed by atoms with Crippen molar-refractivity contribution in [3.05, 3.63) is 34.2 Å². The molecule has 0 atom stereocenters. The van der Waals surface area contributed by atoms with Crippen molar-refractivity contribution in [2.75, 3.05) is 0 Å².